The van der Waals surface area contributed by atoms with Crippen molar-refractivity contribution in [1.29, 1.82) is 0 Å². The molecule has 0 saturated heterocycles. The lowest BCUT2D eigenvalue weighted by Crippen LogP contribution is -2.09. The Labute approximate surface area is 62.8 Å². The molecule has 0 spiro atoms. The van der Waals surface area contributed by atoms with Gasteiger partial charge in [-0.05, 0) is 12.3 Å². The molecule has 1 unspecified atom stereocenters. The summed E-state index contributed by atoms with van der Waals surface area (Å²) in [5, 5.41) is 0. The highest BCUT2D eigenvalue weighted by Crippen LogP contribution is 2.23. The van der Waals surface area contributed by atoms with Crippen LogP contribution in [0.3, 0.4) is 0 Å². The van der Waals surface area contributed by atoms with Crippen molar-refractivity contribution in [3.63, 3.8) is 0 Å². The molecule has 0 aromatic heterocycles. The number of hydrogen-bond donors (Lipinski definition) is 0. The van der Waals surface area contributed by atoms with Crippen molar-refractivity contribution >= 4 is 5.78 Å². The van der Waals surface area contributed by atoms with Crippen LogP contribution in [-0.4, -0.2) is 5.78 Å². The number of hydrogen-bond acceptors (Lipinski definition) is 1. The summed E-state index contributed by atoms with van der Waals surface area (Å²) in [6, 6.07) is 0. The van der Waals surface area contributed by atoms with Gasteiger partial charge >= 0.3 is 0 Å². The average Bonchev–Trinajstić information content (AvgIpc) is 1.96. The maximum atomic E-state index is 11.2. The molecule has 1 rings (SSSR count). The molecule has 1 nitrogen and oxygen atoms in total. The van der Waals surface area contributed by atoms with E-state index < -0.39 is 0 Å². The van der Waals surface area contributed by atoms with E-state index in [1.54, 1.807) is 0 Å². The fraction of sp³-hybridized carbons (Fsp3) is 0.889. The molecule has 58 valence electrons. The molecule has 0 heterocycles. The number of carbonyl (C=O) groups excluding carboxylic acids is 1. The molecule has 0 bridgehead atoms. The third-order valence-corrected chi connectivity index (χ3v) is 2.43. The maximum absolute atomic E-state index is 11.2. The van der Waals surface area contributed by atoms with Crippen LogP contribution in [0.25, 0.3) is 0 Å². The van der Waals surface area contributed by atoms with Gasteiger partial charge in [0.05, 0.1) is 0 Å². The molecule has 0 radical (unpaired) electrons. The minimum atomic E-state index is 0.338. The van der Waals surface area contributed by atoms with Crippen molar-refractivity contribution in [2.75, 3.05) is 0 Å². The summed E-state index contributed by atoms with van der Waals surface area (Å²) in [7, 11) is 0. The average molecular weight is 140 g/mol. The first kappa shape index (κ1) is 7.77. The van der Waals surface area contributed by atoms with E-state index in [4.69, 9.17) is 0 Å². The standard InChI is InChI=1S/C9H16O/c1-7-4-3-5-8(2)9(10)6-7/h7-8H,3-6H2,1-2H3/t7-,8?/m1/s1. The lowest BCUT2D eigenvalue weighted by Gasteiger charge is -2.04. The minimum absolute atomic E-state index is 0.338. The Hall–Kier alpha value is -0.330. The molecular formula is C9H16O. The number of Topliss-reactive ketones (excluding diaryl/α,β-unsaturated/α-hetero) is 1. The third kappa shape index (κ3) is 1.83. The van der Waals surface area contributed by atoms with Crippen LogP contribution in [0.15, 0.2) is 0 Å². The van der Waals surface area contributed by atoms with E-state index in [1.807, 2.05) is 0 Å². The van der Waals surface area contributed by atoms with Gasteiger partial charge in [0.1, 0.15) is 5.78 Å². The van der Waals surface area contributed by atoms with Crippen LogP contribution in [0.5, 0.6) is 0 Å². The normalized spacial score (nSPS) is 35.6. The van der Waals surface area contributed by atoms with Gasteiger partial charge < -0.3 is 0 Å². The molecule has 2 atom stereocenters. The van der Waals surface area contributed by atoms with Gasteiger partial charge in [-0.1, -0.05) is 26.7 Å². The van der Waals surface area contributed by atoms with Crippen LogP contribution >= 0.6 is 0 Å². The van der Waals surface area contributed by atoms with Crippen molar-refractivity contribution in [2.45, 2.75) is 39.5 Å². The summed E-state index contributed by atoms with van der Waals surface area (Å²) in [6.45, 7) is 4.23. The second-order valence-corrected chi connectivity index (χ2v) is 3.61. The molecule has 1 saturated carbocycles. The van der Waals surface area contributed by atoms with E-state index >= 15 is 0 Å². The number of rotatable bonds is 0. The van der Waals surface area contributed by atoms with Gasteiger partial charge in [0.2, 0.25) is 0 Å². The molecule has 0 amide bonds. The minimum Gasteiger partial charge on any atom is -0.299 e. The molecule has 1 aliphatic carbocycles. The smallest absolute Gasteiger partial charge is 0.135 e. The van der Waals surface area contributed by atoms with Gasteiger partial charge in [-0.3, -0.25) is 4.79 Å². The largest absolute Gasteiger partial charge is 0.299 e. The van der Waals surface area contributed by atoms with Gasteiger partial charge in [-0.15, -0.1) is 0 Å². The quantitative estimate of drug-likeness (QED) is 0.472. The predicted molar refractivity (Wildman–Crippen MR) is 41.8 cm³/mol. The second kappa shape index (κ2) is 3.18. The first-order valence-corrected chi connectivity index (χ1v) is 4.23. The summed E-state index contributed by atoms with van der Waals surface area (Å²) in [6.07, 6.45) is 4.43. The molecule has 1 aliphatic rings. The fourth-order valence-corrected chi connectivity index (χ4v) is 1.58. The van der Waals surface area contributed by atoms with Crippen molar-refractivity contribution in [1.82, 2.24) is 0 Å². The summed E-state index contributed by atoms with van der Waals surface area (Å²) in [5.41, 5.74) is 0. The van der Waals surface area contributed by atoms with E-state index in [-0.39, 0.29) is 0 Å². The first-order valence-electron chi connectivity index (χ1n) is 4.23. The summed E-state index contributed by atoms with van der Waals surface area (Å²) in [5.74, 6) is 1.45. The maximum Gasteiger partial charge on any atom is 0.135 e. The summed E-state index contributed by atoms with van der Waals surface area (Å²) in [4.78, 5) is 11.2. The van der Waals surface area contributed by atoms with Crippen molar-refractivity contribution in [3.8, 4) is 0 Å². The van der Waals surface area contributed by atoms with Crippen LogP contribution in [0.2, 0.25) is 0 Å². The van der Waals surface area contributed by atoms with Crippen molar-refractivity contribution in [3.05, 3.63) is 0 Å². The molecular weight excluding hydrogens is 124 g/mol. The Morgan fingerprint density at radius 3 is 2.70 bits per heavy atom. The van der Waals surface area contributed by atoms with Crippen LogP contribution in [-0.2, 0) is 4.79 Å². The van der Waals surface area contributed by atoms with Crippen molar-refractivity contribution < 1.29 is 4.79 Å². The fourth-order valence-electron chi connectivity index (χ4n) is 1.58. The van der Waals surface area contributed by atoms with Crippen LogP contribution in [0.4, 0.5) is 0 Å². The Balaban J connectivity index is 2.49. The molecule has 0 N–H and O–H groups in total. The molecule has 0 aromatic carbocycles. The first-order chi connectivity index (χ1) is 4.70. The van der Waals surface area contributed by atoms with E-state index in [9.17, 15) is 4.79 Å². The van der Waals surface area contributed by atoms with E-state index in [0.29, 0.717) is 17.6 Å². The topological polar surface area (TPSA) is 17.1 Å². The lowest BCUT2D eigenvalue weighted by molar-refractivity contribution is -0.122. The second-order valence-electron chi connectivity index (χ2n) is 3.61. The molecule has 0 aromatic rings. The summed E-state index contributed by atoms with van der Waals surface area (Å²) >= 11 is 0. The Morgan fingerprint density at radius 2 is 2.00 bits per heavy atom. The predicted octanol–water partition coefficient (Wildman–Crippen LogP) is 2.40. The molecule has 1 fully saturated rings. The van der Waals surface area contributed by atoms with Gasteiger partial charge in [0.25, 0.3) is 0 Å². The Bertz CT molecular complexity index is 129. The summed E-state index contributed by atoms with van der Waals surface area (Å²) < 4.78 is 0. The van der Waals surface area contributed by atoms with Gasteiger partial charge in [-0.2, -0.15) is 0 Å². The highest BCUT2D eigenvalue weighted by atomic mass is 16.1. The highest BCUT2D eigenvalue weighted by Gasteiger charge is 2.19. The number of ketones is 1. The van der Waals surface area contributed by atoms with Gasteiger partial charge in [0, 0.05) is 12.3 Å². The molecule has 0 aliphatic heterocycles. The van der Waals surface area contributed by atoms with E-state index in [0.717, 1.165) is 12.8 Å². The monoisotopic (exact) mass is 140 g/mol. The zero-order valence-electron chi connectivity index (χ0n) is 6.89. The Morgan fingerprint density at radius 1 is 1.30 bits per heavy atom. The van der Waals surface area contributed by atoms with Crippen LogP contribution < -0.4 is 0 Å². The Kier molecular flexibility index (Phi) is 2.47. The molecule has 1 heteroatoms. The highest BCUT2D eigenvalue weighted by molar-refractivity contribution is 5.81. The SMILES string of the molecule is CC1CCC[C@@H](C)CC1=O. The van der Waals surface area contributed by atoms with E-state index in [2.05, 4.69) is 13.8 Å². The van der Waals surface area contributed by atoms with E-state index in [1.165, 1.54) is 12.8 Å². The lowest BCUT2D eigenvalue weighted by atomic mass is 9.99. The zero-order chi connectivity index (χ0) is 7.56. The third-order valence-electron chi connectivity index (χ3n) is 2.43. The van der Waals surface area contributed by atoms with Gasteiger partial charge in [-0.25, -0.2) is 0 Å². The molecule has 10 heavy (non-hydrogen) atoms. The van der Waals surface area contributed by atoms with Gasteiger partial charge in [0.15, 0.2) is 0 Å². The van der Waals surface area contributed by atoms with Crippen LogP contribution in [0.1, 0.15) is 39.5 Å². The van der Waals surface area contributed by atoms with Crippen LogP contribution in [0, 0.1) is 11.8 Å². The number of carbonyl (C=O) groups is 1. The van der Waals surface area contributed by atoms with Crippen molar-refractivity contribution in [2.24, 2.45) is 11.8 Å². The zero-order valence-corrected chi connectivity index (χ0v) is 6.89.